The van der Waals surface area contributed by atoms with Crippen LogP contribution in [-0.2, 0) is 9.47 Å². The summed E-state index contributed by atoms with van der Waals surface area (Å²) in [6.45, 7) is 3.59. The van der Waals surface area contributed by atoms with Crippen molar-refractivity contribution in [2.75, 3.05) is 13.2 Å². The molecule has 0 aliphatic carbocycles. The van der Waals surface area contributed by atoms with Crippen molar-refractivity contribution in [2.24, 2.45) is 10.2 Å². The molecule has 0 aromatic heterocycles. The lowest BCUT2D eigenvalue weighted by molar-refractivity contribution is -0.150. The Morgan fingerprint density at radius 2 is 1.10 bits per heavy atom. The molecule has 5 rings (SSSR count). The molecule has 39 heavy (non-hydrogen) atoms. The summed E-state index contributed by atoms with van der Waals surface area (Å²) in [6, 6.07) is 25.7. The first-order valence-corrected chi connectivity index (χ1v) is 12.6. The van der Waals surface area contributed by atoms with Crippen LogP contribution >= 0.6 is 0 Å². The topological polar surface area (TPSA) is 134 Å². The fraction of sp³-hybridized carbons (Fsp3) is 0.310. The molecule has 0 N–H and O–H groups in total. The van der Waals surface area contributed by atoms with Gasteiger partial charge in [0.05, 0.1) is 25.4 Å². The van der Waals surface area contributed by atoms with E-state index in [1.165, 1.54) is 0 Å². The summed E-state index contributed by atoms with van der Waals surface area (Å²) in [6.07, 6.45) is -1.50. The monoisotopic (exact) mass is 524 g/mol. The lowest BCUT2D eigenvalue weighted by Crippen LogP contribution is -2.45. The Morgan fingerprint density at radius 1 is 0.692 bits per heavy atom. The number of benzene rings is 4. The molecule has 0 saturated carbocycles. The fourth-order valence-corrected chi connectivity index (χ4v) is 4.93. The van der Waals surface area contributed by atoms with Crippen molar-refractivity contribution in [2.45, 2.75) is 43.9 Å². The lowest BCUT2D eigenvalue weighted by atomic mass is 10.0. The van der Waals surface area contributed by atoms with Gasteiger partial charge in [0.2, 0.25) is 0 Å². The summed E-state index contributed by atoms with van der Waals surface area (Å²) in [5.74, 6) is 0.305. The Balaban J connectivity index is 1.39. The molecule has 1 heterocycles. The smallest absolute Gasteiger partial charge is 0.163 e. The summed E-state index contributed by atoms with van der Waals surface area (Å²) >= 11 is 0. The molecular formula is C29H28N6O4. The van der Waals surface area contributed by atoms with Crippen LogP contribution in [0.4, 0.5) is 0 Å². The van der Waals surface area contributed by atoms with Gasteiger partial charge in [-0.25, -0.2) is 0 Å². The average Bonchev–Trinajstić information content (AvgIpc) is 3.28. The van der Waals surface area contributed by atoms with Gasteiger partial charge in [-0.3, -0.25) is 0 Å². The van der Waals surface area contributed by atoms with Gasteiger partial charge in [-0.05, 0) is 47.8 Å². The minimum atomic E-state index is -1.01. The third kappa shape index (κ3) is 5.85. The molecule has 0 radical (unpaired) electrons. The van der Waals surface area contributed by atoms with Crippen LogP contribution in [0.1, 0.15) is 13.8 Å². The Morgan fingerprint density at radius 3 is 1.54 bits per heavy atom. The molecule has 1 fully saturated rings. The maximum atomic E-state index is 9.38. The van der Waals surface area contributed by atoms with Gasteiger partial charge in [-0.1, -0.05) is 83.0 Å². The Bertz CT molecular complexity index is 1440. The number of hydrogen-bond acceptors (Lipinski definition) is 6. The summed E-state index contributed by atoms with van der Waals surface area (Å²) in [5, 5.41) is 11.9. The Kier molecular flexibility index (Phi) is 7.72. The van der Waals surface area contributed by atoms with Crippen molar-refractivity contribution < 1.29 is 18.9 Å². The van der Waals surface area contributed by atoms with Gasteiger partial charge in [-0.15, -0.1) is 0 Å². The van der Waals surface area contributed by atoms with Gasteiger partial charge in [-0.2, -0.15) is 0 Å². The highest BCUT2D eigenvalue weighted by atomic mass is 16.8. The van der Waals surface area contributed by atoms with Crippen molar-refractivity contribution in [3.8, 4) is 11.5 Å². The average molecular weight is 525 g/mol. The van der Waals surface area contributed by atoms with Gasteiger partial charge in [0.15, 0.2) is 5.79 Å². The molecule has 10 nitrogen and oxygen atoms in total. The zero-order valence-electron chi connectivity index (χ0n) is 21.6. The predicted octanol–water partition coefficient (Wildman–Crippen LogP) is 7.33. The molecule has 4 aromatic rings. The minimum Gasteiger partial charge on any atom is -0.492 e. The van der Waals surface area contributed by atoms with Crippen molar-refractivity contribution in [1.29, 1.82) is 0 Å². The SMILES string of the molecule is CC1(C)O[C@H]([C@H](COc2cccc3ccccc23)N=[N+]=[N-])[C@@H]([C@H](COc2cccc3ccccc23)N=[N+]=[N-])O1. The molecule has 0 unspecified atom stereocenters. The zero-order valence-corrected chi connectivity index (χ0v) is 21.6. The maximum absolute atomic E-state index is 9.38. The molecule has 4 aromatic carbocycles. The van der Waals surface area contributed by atoms with Gasteiger partial charge >= 0.3 is 0 Å². The van der Waals surface area contributed by atoms with Crippen molar-refractivity contribution in [1.82, 2.24) is 0 Å². The van der Waals surface area contributed by atoms with Gasteiger partial charge in [0.25, 0.3) is 0 Å². The van der Waals surface area contributed by atoms with E-state index in [4.69, 9.17) is 18.9 Å². The normalized spacial score (nSPS) is 19.5. The molecular weight excluding hydrogens is 496 g/mol. The highest BCUT2D eigenvalue weighted by Crippen LogP contribution is 2.35. The van der Waals surface area contributed by atoms with Crippen LogP contribution < -0.4 is 9.47 Å². The summed E-state index contributed by atoms with van der Waals surface area (Å²) < 4.78 is 24.7. The number of rotatable bonds is 10. The molecule has 198 valence electrons. The van der Waals surface area contributed by atoms with Crippen molar-refractivity contribution in [3.05, 3.63) is 106 Å². The molecule has 10 heteroatoms. The van der Waals surface area contributed by atoms with Crippen molar-refractivity contribution >= 4 is 21.5 Å². The molecule has 1 aliphatic heterocycles. The molecule has 1 aliphatic rings. The van der Waals surface area contributed by atoms with Crippen molar-refractivity contribution in [3.63, 3.8) is 0 Å². The number of hydrogen-bond donors (Lipinski definition) is 0. The Labute approximate surface area is 225 Å². The first-order valence-electron chi connectivity index (χ1n) is 12.6. The lowest BCUT2D eigenvalue weighted by Gasteiger charge is -2.27. The summed E-state index contributed by atoms with van der Waals surface area (Å²) in [7, 11) is 0. The second-order valence-corrected chi connectivity index (χ2v) is 9.69. The van der Waals surface area contributed by atoms with Gasteiger partial charge in [0.1, 0.15) is 23.6 Å². The standard InChI is InChI=1S/C29H28N6O4/c1-29(2)38-27(23(32-34-30)17-36-25-15-7-11-19-9-3-5-13-21(19)25)28(39-29)24(33-35-31)18-37-26-16-8-12-20-10-4-6-14-22(20)26/h3-16,23-24,27-28H,17-18H2,1-2H3/t23-,24-,27+,28+/m0/s1. The first kappa shape index (κ1) is 26.2. The van der Waals surface area contributed by atoms with E-state index in [0.29, 0.717) is 11.5 Å². The second-order valence-electron chi connectivity index (χ2n) is 9.69. The van der Waals surface area contributed by atoms with Gasteiger partial charge in [0, 0.05) is 20.6 Å². The van der Waals surface area contributed by atoms with E-state index < -0.39 is 30.1 Å². The van der Waals surface area contributed by atoms with Crippen LogP contribution in [0.15, 0.2) is 95.2 Å². The third-order valence-corrected chi connectivity index (χ3v) is 6.64. The number of ether oxygens (including phenoxy) is 4. The maximum Gasteiger partial charge on any atom is 0.163 e. The van der Waals surface area contributed by atoms with Crippen LogP contribution in [0.25, 0.3) is 42.4 Å². The number of nitrogens with zero attached hydrogens (tertiary/aromatic N) is 6. The van der Waals surface area contributed by atoms with E-state index in [-0.39, 0.29) is 13.2 Å². The summed E-state index contributed by atoms with van der Waals surface area (Å²) in [4.78, 5) is 6.09. The van der Waals surface area contributed by atoms with Crippen LogP contribution in [0.3, 0.4) is 0 Å². The Hall–Kier alpha value is -4.46. The van der Waals surface area contributed by atoms with E-state index in [1.54, 1.807) is 13.8 Å². The van der Waals surface area contributed by atoms with Crippen LogP contribution in [0.5, 0.6) is 11.5 Å². The predicted molar refractivity (Wildman–Crippen MR) is 149 cm³/mol. The summed E-state index contributed by atoms with van der Waals surface area (Å²) in [5.41, 5.74) is 18.8. The van der Waals surface area contributed by atoms with E-state index in [2.05, 4.69) is 20.1 Å². The minimum absolute atomic E-state index is 0.0336. The van der Waals surface area contributed by atoms with E-state index in [0.717, 1.165) is 21.5 Å². The first-order chi connectivity index (χ1) is 19.0. The van der Waals surface area contributed by atoms with E-state index in [9.17, 15) is 11.1 Å². The number of fused-ring (bicyclic) bond motifs is 2. The fourth-order valence-electron chi connectivity index (χ4n) is 4.93. The second kappa shape index (κ2) is 11.5. The molecule has 0 amide bonds. The van der Waals surface area contributed by atoms with E-state index >= 15 is 0 Å². The molecule has 0 bridgehead atoms. The number of azide groups is 2. The van der Waals surface area contributed by atoms with Crippen LogP contribution in [-0.4, -0.2) is 43.3 Å². The van der Waals surface area contributed by atoms with Crippen LogP contribution in [0.2, 0.25) is 0 Å². The van der Waals surface area contributed by atoms with Gasteiger partial charge < -0.3 is 18.9 Å². The third-order valence-electron chi connectivity index (χ3n) is 6.64. The van der Waals surface area contributed by atoms with E-state index in [1.807, 2.05) is 84.9 Å². The molecule has 0 spiro atoms. The zero-order chi connectivity index (χ0) is 27.2. The van der Waals surface area contributed by atoms with Crippen LogP contribution in [0, 0.1) is 0 Å². The highest BCUT2D eigenvalue weighted by Gasteiger charge is 2.48. The largest absolute Gasteiger partial charge is 0.492 e. The molecule has 1 saturated heterocycles. The quantitative estimate of drug-likeness (QED) is 0.122. The highest BCUT2D eigenvalue weighted by molar-refractivity contribution is 5.88. The molecule has 4 atom stereocenters.